The van der Waals surface area contributed by atoms with Crippen molar-refractivity contribution >= 4 is 5.91 Å². The first kappa shape index (κ1) is 18.3. The minimum atomic E-state index is -0.386. The third-order valence-corrected chi connectivity index (χ3v) is 5.36. The van der Waals surface area contributed by atoms with Crippen molar-refractivity contribution in [2.75, 3.05) is 6.54 Å². The number of pyridine rings is 1. The minimum absolute atomic E-state index is 0.0200. The summed E-state index contributed by atoms with van der Waals surface area (Å²) < 4.78 is 16.1. The maximum atomic E-state index is 14.1. The van der Waals surface area contributed by atoms with Crippen LogP contribution in [0.15, 0.2) is 61.4 Å². The number of imidazole rings is 1. The van der Waals surface area contributed by atoms with Gasteiger partial charge in [0.25, 0.3) is 5.91 Å². The number of piperidine rings is 1. The van der Waals surface area contributed by atoms with Gasteiger partial charge >= 0.3 is 0 Å². The molecule has 0 radical (unpaired) electrons. The van der Waals surface area contributed by atoms with Crippen molar-refractivity contribution in [3.05, 3.63) is 72.8 Å². The molecule has 5 nitrogen and oxygen atoms in total. The quantitative estimate of drug-likeness (QED) is 0.670. The second kappa shape index (κ2) is 8.33. The number of hydrogen-bond donors (Lipinski definition) is 0. The molecule has 3 heterocycles. The molecule has 1 aromatic carbocycles. The van der Waals surface area contributed by atoms with Gasteiger partial charge in [0.15, 0.2) is 0 Å². The lowest BCUT2D eigenvalue weighted by Crippen LogP contribution is -2.44. The van der Waals surface area contributed by atoms with Crippen LogP contribution in [-0.4, -0.2) is 37.9 Å². The van der Waals surface area contributed by atoms with Crippen molar-refractivity contribution in [1.29, 1.82) is 0 Å². The SMILES string of the molecule is O=C(c1cccc(-c2ccncc2F)c1)N1CCCC[C@H]1CCn1ccnc1. The van der Waals surface area contributed by atoms with E-state index < -0.39 is 0 Å². The van der Waals surface area contributed by atoms with E-state index in [-0.39, 0.29) is 17.8 Å². The molecule has 0 N–H and O–H groups in total. The Morgan fingerprint density at radius 3 is 2.93 bits per heavy atom. The van der Waals surface area contributed by atoms with Gasteiger partial charge in [0, 0.05) is 48.8 Å². The largest absolute Gasteiger partial charge is 0.337 e. The number of likely N-dealkylation sites (tertiary alicyclic amines) is 1. The molecule has 28 heavy (non-hydrogen) atoms. The average Bonchev–Trinajstić information content (AvgIpc) is 3.26. The number of benzene rings is 1. The smallest absolute Gasteiger partial charge is 0.254 e. The zero-order valence-corrected chi connectivity index (χ0v) is 15.7. The zero-order chi connectivity index (χ0) is 19.3. The monoisotopic (exact) mass is 378 g/mol. The first-order valence-corrected chi connectivity index (χ1v) is 9.69. The van der Waals surface area contributed by atoms with Crippen LogP contribution in [-0.2, 0) is 6.54 Å². The molecule has 1 fully saturated rings. The Morgan fingerprint density at radius 2 is 2.11 bits per heavy atom. The molecule has 0 aliphatic carbocycles. The molecule has 0 bridgehead atoms. The van der Waals surface area contributed by atoms with E-state index in [0.29, 0.717) is 16.7 Å². The fraction of sp³-hybridized carbons (Fsp3) is 0.318. The summed E-state index contributed by atoms with van der Waals surface area (Å²) in [7, 11) is 0. The van der Waals surface area contributed by atoms with Crippen LogP contribution >= 0.6 is 0 Å². The molecule has 1 atom stereocenters. The molecule has 4 rings (SSSR count). The van der Waals surface area contributed by atoms with Crippen LogP contribution in [0.2, 0.25) is 0 Å². The van der Waals surface area contributed by atoms with E-state index in [1.165, 1.54) is 6.20 Å². The Bertz CT molecular complexity index is 941. The van der Waals surface area contributed by atoms with Crippen LogP contribution < -0.4 is 0 Å². The number of nitrogens with zero attached hydrogens (tertiary/aromatic N) is 4. The molecule has 1 aliphatic heterocycles. The second-order valence-electron chi connectivity index (χ2n) is 7.17. The Hall–Kier alpha value is -3.02. The first-order valence-electron chi connectivity index (χ1n) is 9.69. The van der Waals surface area contributed by atoms with Crippen molar-refractivity contribution < 1.29 is 9.18 Å². The molecule has 2 aromatic heterocycles. The minimum Gasteiger partial charge on any atom is -0.337 e. The van der Waals surface area contributed by atoms with Gasteiger partial charge in [-0.15, -0.1) is 0 Å². The Labute approximate surface area is 163 Å². The maximum absolute atomic E-state index is 14.1. The molecule has 3 aromatic rings. The number of hydrogen-bond acceptors (Lipinski definition) is 3. The predicted octanol–water partition coefficient (Wildman–Crippen LogP) is 4.17. The Morgan fingerprint density at radius 1 is 1.18 bits per heavy atom. The van der Waals surface area contributed by atoms with Gasteiger partial charge in [-0.05, 0) is 49.4 Å². The van der Waals surface area contributed by atoms with Crippen molar-refractivity contribution in [2.45, 2.75) is 38.3 Å². The van der Waals surface area contributed by atoms with E-state index in [0.717, 1.165) is 38.8 Å². The third kappa shape index (κ3) is 3.96. The fourth-order valence-electron chi connectivity index (χ4n) is 3.88. The van der Waals surface area contributed by atoms with Crippen molar-refractivity contribution in [3.8, 4) is 11.1 Å². The van der Waals surface area contributed by atoms with Gasteiger partial charge in [-0.25, -0.2) is 9.37 Å². The van der Waals surface area contributed by atoms with E-state index in [1.54, 1.807) is 24.5 Å². The molecule has 6 heteroatoms. The summed E-state index contributed by atoms with van der Waals surface area (Å²) in [6.45, 7) is 1.61. The summed E-state index contributed by atoms with van der Waals surface area (Å²) in [5.74, 6) is -0.366. The summed E-state index contributed by atoms with van der Waals surface area (Å²) >= 11 is 0. The van der Waals surface area contributed by atoms with Gasteiger partial charge in [-0.2, -0.15) is 0 Å². The van der Waals surface area contributed by atoms with E-state index in [9.17, 15) is 9.18 Å². The van der Waals surface area contributed by atoms with Crippen LogP contribution in [0.4, 0.5) is 4.39 Å². The summed E-state index contributed by atoms with van der Waals surface area (Å²) in [5.41, 5.74) is 1.75. The molecule has 144 valence electrons. The lowest BCUT2D eigenvalue weighted by atomic mass is 9.97. The summed E-state index contributed by atoms with van der Waals surface area (Å²) in [5, 5.41) is 0. The van der Waals surface area contributed by atoms with Crippen LogP contribution in [0, 0.1) is 5.82 Å². The summed E-state index contributed by atoms with van der Waals surface area (Å²) in [4.78, 5) is 23.1. The Balaban J connectivity index is 1.53. The molecule has 1 amide bonds. The van der Waals surface area contributed by atoms with Gasteiger partial charge in [0.1, 0.15) is 5.82 Å². The van der Waals surface area contributed by atoms with Crippen molar-refractivity contribution in [1.82, 2.24) is 19.4 Å². The number of halogens is 1. The topological polar surface area (TPSA) is 51.0 Å². The average molecular weight is 378 g/mol. The first-order chi connectivity index (χ1) is 13.7. The van der Waals surface area contributed by atoms with E-state index in [1.807, 2.05) is 40.2 Å². The molecule has 1 saturated heterocycles. The number of aryl methyl sites for hydroxylation is 1. The molecular weight excluding hydrogens is 355 g/mol. The van der Waals surface area contributed by atoms with Crippen molar-refractivity contribution in [2.24, 2.45) is 0 Å². The van der Waals surface area contributed by atoms with Crippen LogP contribution in [0.3, 0.4) is 0 Å². The highest BCUT2D eigenvalue weighted by atomic mass is 19.1. The maximum Gasteiger partial charge on any atom is 0.254 e. The van der Waals surface area contributed by atoms with Crippen LogP contribution in [0.5, 0.6) is 0 Å². The summed E-state index contributed by atoms with van der Waals surface area (Å²) in [6, 6.07) is 9.07. The standard InChI is InChI=1S/C22H23FN4O/c23-21-15-24-9-7-20(21)17-4-3-5-18(14-17)22(28)27-11-2-1-6-19(27)8-12-26-13-10-25-16-26/h3-5,7,9-10,13-16,19H,1-2,6,8,11-12H2/t19-/m0/s1. The molecule has 0 spiro atoms. The van der Waals surface area contributed by atoms with Crippen LogP contribution in [0.1, 0.15) is 36.0 Å². The predicted molar refractivity (Wildman–Crippen MR) is 105 cm³/mol. The number of carbonyl (C=O) groups is 1. The number of carbonyl (C=O) groups excluding carboxylic acids is 1. The van der Waals surface area contributed by atoms with Gasteiger partial charge in [0.2, 0.25) is 0 Å². The number of rotatable bonds is 5. The fourth-order valence-corrected chi connectivity index (χ4v) is 3.88. The van der Waals surface area contributed by atoms with E-state index in [2.05, 4.69) is 9.97 Å². The zero-order valence-electron chi connectivity index (χ0n) is 15.7. The van der Waals surface area contributed by atoms with Crippen molar-refractivity contribution in [3.63, 3.8) is 0 Å². The normalized spacial score (nSPS) is 16.9. The number of amides is 1. The highest BCUT2D eigenvalue weighted by Crippen LogP contribution is 2.26. The van der Waals surface area contributed by atoms with Gasteiger partial charge in [-0.3, -0.25) is 9.78 Å². The Kier molecular flexibility index (Phi) is 5.46. The summed E-state index contributed by atoms with van der Waals surface area (Å²) in [6.07, 6.45) is 12.4. The third-order valence-electron chi connectivity index (χ3n) is 5.36. The lowest BCUT2D eigenvalue weighted by molar-refractivity contribution is 0.0595. The molecule has 1 aliphatic rings. The number of aromatic nitrogens is 3. The second-order valence-corrected chi connectivity index (χ2v) is 7.17. The lowest BCUT2D eigenvalue weighted by Gasteiger charge is -2.36. The van der Waals surface area contributed by atoms with Gasteiger partial charge < -0.3 is 9.47 Å². The highest BCUT2D eigenvalue weighted by molar-refractivity contribution is 5.95. The van der Waals surface area contributed by atoms with Crippen LogP contribution in [0.25, 0.3) is 11.1 Å². The van der Waals surface area contributed by atoms with Gasteiger partial charge in [-0.1, -0.05) is 12.1 Å². The molecule has 0 saturated carbocycles. The highest BCUT2D eigenvalue weighted by Gasteiger charge is 2.27. The van der Waals surface area contributed by atoms with Gasteiger partial charge in [0.05, 0.1) is 12.5 Å². The molecule has 0 unspecified atom stereocenters. The molecular formula is C22H23FN4O. The van der Waals surface area contributed by atoms with E-state index >= 15 is 0 Å². The van der Waals surface area contributed by atoms with E-state index in [4.69, 9.17) is 0 Å².